The van der Waals surface area contributed by atoms with Crippen LogP contribution in [-0.4, -0.2) is 5.11 Å². The van der Waals surface area contributed by atoms with Crippen LogP contribution in [0.15, 0.2) is 136 Å². The van der Waals surface area contributed by atoms with E-state index in [1.54, 1.807) is 6.07 Å². The normalized spacial score (nSPS) is 10.3. The first-order valence-corrected chi connectivity index (χ1v) is 13.3. The fourth-order valence-electron chi connectivity index (χ4n) is 4.10. The van der Waals surface area contributed by atoms with Crippen molar-refractivity contribution >= 4 is 82.0 Å². The van der Waals surface area contributed by atoms with Crippen LogP contribution in [0.2, 0.25) is 0 Å². The lowest BCUT2D eigenvalue weighted by Crippen LogP contribution is -3.00. The van der Waals surface area contributed by atoms with Crippen molar-refractivity contribution in [3.8, 4) is 5.75 Å². The van der Waals surface area contributed by atoms with E-state index in [-0.39, 0.29) is 24.0 Å². The van der Waals surface area contributed by atoms with Gasteiger partial charge in [0.05, 0.1) is 0 Å². The van der Waals surface area contributed by atoms with E-state index in [4.69, 9.17) is 4.42 Å². The van der Waals surface area contributed by atoms with Crippen molar-refractivity contribution in [2.75, 3.05) is 0 Å². The Hall–Kier alpha value is -2.62. The van der Waals surface area contributed by atoms with Gasteiger partial charge in [0, 0.05) is 29.6 Å². The van der Waals surface area contributed by atoms with Crippen molar-refractivity contribution in [3.63, 3.8) is 0 Å². The van der Waals surface area contributed by atoms with Gasteiger partial charge in [-0.25, -0.2) is 0 Å². The van der Waals surface area contributed by atoms with Gasteiger partial charge in [-0.15, -0.1) is 0 Å². The molecule has 7 rings (SSSR count). The summed E-state index contributed by atoms with van der Waals surface area (Å²) in [6.07, 6.45) is 0. The Bertz CT molecular complexity index is 1770. The molecule has 1 N–H and O–H groups in total. The van der Waals surface area contributed by atoms with Gasteiger partial charge in [0.1, 0.15) is 16.9 Å². The molecule has 184 valence electrons. The summed E-state index contributed by atoms with van der Waals surface area (Å²) < 4.78 is 8.39. The second kappa shape index (κ2) is 12.8. The van der Waals surface area contributed by atoms with E-state index in [1.165, 1.54) is 29.6 Å². The Balaban J connectivity index is 0.000000139. The molecule has 1 aromatic heterocycles. The van der Waals surface area contributed by atoms with Crippen molar-refractivity contribution in [1.29, 1.82) is 0 Å². The number of halogens is 3. The third kappa shape index (κ3) is 6.27. The van der Waals surface area contributed by atoms with Crippen LogP contribution >= 0.6 is 38.5 Å². The largest absolute Gasteiger partial charge is 1.00 e. The van der Waals surface area contributed by atoms with E-state index in [0.29, 0.717) is 5.75 Å². The lowest BCUT2D eigenvalue weighted by molar-refractivity contribution is -0.00000804. The molecule has 0 spiro atoms. The Morgan fingerprint density at radius 2 is 1.11 bits per heavy atom. The molecule has 0 aliphatic heterocycles. The van der Waals surface area contributed by atoms with Gasteiger partial charge in [0.25, 0.3) is 0 Å². The number of para-hydroxylation sites is 1. The van der Waals surface area contributed by atoms with Crippen LogP contribution in [0.4, 0.5) is 0 Å². The van der Waals surface area contributed by atoms with Gasteiger partial charge in [-0.1, -0.05) is 97.1 Å². The second-order valence-corrected chi connectivity index (χ2v) is 10.2. The minimum atomic E-state index is 0. The Kier molecular flexibility index (Phi) is 9.45. The number of hydrogen-bond acceptors (Lipinski definition) is 2. The van der Waals surface area contributed by atoms with Gasteiger partial charge in [-0.3, -0.25) is 0 Å². The number of benzene rings is 6. The first-order valence-electron chi connectivity index (χ1n) is 11.5. The molecule has 7 aromatic rings. The van der Waals surface area contributed by atoms with Gasteiger partial charge >= 0.3 is 0 Å². The molecular weight excluding hydrogens is 750 g/mol. The van der Waals surface area contributed by atoms with Crippen LogP contribution in [0.1, 0.15) is 0 Å². The molecule has 0 aliphatic rings. The summed E-state index contributed by atoms with van der Waals surface area (Å²) in [6, 6.07) is 42.2. The summed E-state index contributed by atoms with van der Waals surface area (Å²) >= 11 is 5.67. The summed E-state index contributed by atoms with van der Waals surface area (Å²) in [5.74, 6) is 0.350. The van der Waals surface area contributed by atoms with E-state index in [0.717, 1.165) is 21.9 Å². The van der Waals surface area contributed by atoms with Crippen molar-refractivity contribution in [2.24, 2.45) is 0 Å². The Morgan fingerprint density at radius 3 is 1.78 bits per heavy atom. The van der Waals surface area contributed by atoms with Crippen LogP contribution in [0.5, 0.6) is 5.75 Å². The van der Waals surface area contributed by atoms with Gasteiger partial charge in [-0.05, 0) is 79.6 Å². The minimum absolute atomic E-state index is 0. The zero-order chi connectivity index (χ0) is 24.9. The van der Waals surface area contributed by atoms with Crippen molar-refractivity contribution in [2.45, 2.75) is 0 Å². The average Bonchev–Trinajstić information content (AvgIpc) is 3.31. The van der Waals surface area contributed by atoms with Crippen molar-refractivity contribution in [3.05, 3.63) is 135 Å². The predicted octanol–water partition coefficient (Wildman–Crippen LogP) is 7.34. The smallest absolute Gasteiger partial charge is 0.143 e. The molecule has 0 saturated heterocycles. The molecule has 0 amide bonds. The zero-order valence-corrected chi connectivity index (χ0v) is 25.5. The quantitative estimate of drug-likeness (QED) is 0.164. The molecule has 37 heavy (non-hydrogen) atoms. The molecule has 0 aliphatic carbocycles. The summed E-state index contributed by atoms with van der Waals surface area (Å²) in [5.41, 5.74) is 1.95. The lowest BCUT2D eigenvalue weighted by atomic mass is 10.1. The van der Waals surface area contributed by atoms with E-state index in [2.05, 4.69) is 87.1 Å². The van der Waals surface area contributed by atoms with E-state index < -0.39 is 0 Å². The maximum absolute atomic E-state index is 9.37. The number of rotatable bonds is 0. The molecule has 2 nitrogen and oxygen atoms in total. The van der Waals surface area contributed by atoms with Crippen LogP contribution in [0.25, 0.3) is 43.5 Å². The third-order valence-electron chi connectivity index (χ3n) is 5.86. The SMILES string of the molecule is Brc1ccccc1I.Oc1cccc2ccccc12.[I-].c1ccc2c(c1)ccc1c3ccccc3oc21. The molecule has 0 unspecified atom stereocenters. The van der Waals surface area contributed by atoms with E-state index >= 15 is 0 Å². The molecule has 0 bridgehead atoms. The van der Waals surface area contributed by atoms with Gasteiger partial charge in [0.15, 0.2) is 0 Å². The number of phenols is 1. The first kappa shape index (κ1) is 27.4. The highest BCUT2D eigenvalue weighted by Crippen LogP contribution is 2.33. The highest BCUT2D eigenvalue weighted by molar-refractivity contribution is 14.1. The summed E-state index contributed by atoms with van der Waals surface area (Å²) in [4.78, 5) is 0. The molecule has 0 fully saturated rings. The maximum atomic E-state index is 9.37. The fourth-order valence-corrected chi connectivity index (χ4v) is 4.77. The summed E-state index contributed by atoms with van der Waals surface area (Å²) in [6.45, 7) is 0. The molecule has 0 saturated carbocycles. The van der Waals surface area contributed by atoms with Crippen LogP contribution < -0.4 is 24.0 Å². The highest BCUT2D eigenvalue weighted by Gasteiger charge is 2.08. The monoisotopic (exact) mass is 771 g/mol. The Labute approximate surface area is 254 Å². The number of phenolic OH excluding ortho intramolecular Hbond substituents is 1. The maximum Gasteiger partial charge on any atom is 0.143 e. The van der Waals surface area contributed by atoms with Crippen molar-refractivity contribution in [1.82, 2.24) is 0 Å². The highest BCUT2D eigenvalue weighted by atomic mass is 127. The van der Waals surface area contributed by atoms with Gasteiger partial charge in [-0.2, -0.15) is 0 Å². The standard InChI is InChI=1S/C16H10O.C10H8O.C6H4BrI.HI/c1-2-6-12-11(5-1)9-10-14-13-7-3-4-8-15(13)17-16(12)14;11-10-7-3-5-8-4-1-2-6-9(8)10;7-5-3-1-2-4-6(5)8;/h1-10H;1-7,11H;1-4H;1H/p-1. The second-order valence-electron chi connectivity index (χ2n) is 8.17. The molecular formula is C32H22BrI2O2-. The number of hydrogen-bond donors (Lipinski definition) is 1. The number of fused-ring (bicyclic) bond motifs is 6. The minimum Gasteiger partial charge on any atom is -1.00 e. The lowest BCUT2D eigenvalue weighted by Gasteiger charge is -1.97. The topological polar surface area (TPSA) is 33.4 Å². The van der Waals surface area contributed by atoms with E-state index in [9.17, 15) is 5.11 Å². The average molecular weight is 772 g/mol. The predicted molar refractivity (Wildman–Crippen MR) is 164 cm³/mol. The Morgan fingerprint density at radius 1 is 0.541 bits per heavy atom. The molecule has 0 radical (unpaired) electrons. The summed E-state index contributed by atoms with van der Waals surface area (Å²) in [5, 5.41) is 16.1. The van der Waals surface area contributed by atoms with Gasteiger partial charge < -0.3 is 33.5 Å². The van der Waals surface area contributed by atoms with Gasteiger partial charge in [0.2, 0.25) is 0 Å². The molecule has 5 heteroatoms. The van der Waals surface area contributed by atoms with Crippen molar-refractivity contribution < 1.29 is 33.5 Å². The third-order valence-corrected chi connectivity index (χ3v) is 8.23. The number of furan rings is 1. The first-order chi connectivity index (χ1) is 17.6. The number of aromatic hydroxyl groups is 1. The fraction of sp³-hybridized carbons (Fsp3) is 0. The molecule has 6 aromatic carbocycles. The van der Waals surface area contributed by atoms with Crippen LogP contribution in [0.3, 0.4) is 0 Å². The molecule has 1 heterocycles. The van der Waals surface area contributed by atoms with Crippen LogP contribution in [-0.2, 0) is 0 Å². The summed E-state index contributed by atoms with van der Waals surface area (Å²) in [7, 11) is 0. The van der Waals surface area contributed by atoms with E-state index in [1.807, 2.05) is 72.8 Å². The zero-order valence-electron chi connectivity index (χ0n) is 19.6. The molecule has 0 atom stereocenters. The van der Waals surface area contributed by atoms with Crippen LogP contribution in [0, 0.1) is 3.57 Å².